The number of hydrogen-bond donors (Lipinski definition) is 0. The van der Waals surface area contributed by atoms with Crippen molar-refractivity contribution in [2.45, 2.75) is 18.8 Å². The molecule has 1 aliphatic heterocycles. The predicted molar refractivity (Wildman–Crippen MR) is 75.6 cm³/mol. The number of carbonyl (C=O) groups is 1. The Labute approximate surface area is 128 Å². The number of nitrogens with zero attached hydrogens (tertiary/aromatic N) is 1. The standard InChI is InChI=1S/C15H12F3NO2S/c16-15(17,18)14-6-5-13(22-14)12-8-19(9-20)7-10-3-1-2-4-11(10)21-12/h1-6,9,12H,7-8H2. The Balaban J connectivity index is 1.93. The summed E-state index contributed by atoms with van der Waals surface area (Å²) in [6, 6.07) is 9.68. The van der Waals surface area contributed by atoms with E-state index >= 15 is 0 Å². The highest BCUT2D eigenvalue weighted by molar-refractivity contribution is 7.12. The smallest absolute Gasteiger partial charge is 0.425 e. The Kier molecular flexibility index (Phi) is 3.82. The molecule has 0 fully saturated rings. The topological polar surface area (TPSA) is 29.5 Å². The molecule has 0 saturated carbocycles. The first kappa shape index (κ1) is 14.9. The summed E-state index contributed by atoms with van der Waals surface area (Å²) in [5.74, 6) is 0.596. The van der Waals surface area contributed by atoms with Crippen molar-refractivity contribution in [3.8, 4) is 5.75 Å². The molecule has 0 N–H and O–H groups in total. The molecule has 7 heteroatoms. The van der Waals surface area contributed by atoms with Gasteiger partial charge in [0.05, 0.1) is 6.54 Å². The van der Waals surface area contributed by atoms with E-state index in [0.29, 0.717) is 34.9 Å². The van der Waals surface area contributed by atoms with Crippen molar-refractivity contribution in [1.29, 1.82) is 0 Å². The van der Waals surface area contributed by atoms with Crippen LogP contribution in [0.25, 0.3) is 0 Å². The predicted octanol–water partition coefficient (Wildman–Crippen LogP) is 3.86. The van der Waals surface area contributed by atoms with Gasteiger partial charge in [-0.2, -0.15) is 13.2 Å². The average Bonchev–Trinajstić information content (AvgIpc) is 2.89. The van der Waals surface area contributed by atoms with Gasteiger partial charge in [-0.25, -0.2) is 0 Å². The Hall–Kier alpha value is -2.02. The van der Waals surface area contributed by atoms with Crippen LogP contribution in [-0.2, 0) is 17.5 Å². The van der Waals surface area contributed by atoms with E-state index < -0.39 is 17.2 Å². The summed E-state index contributed by atoms with van der Waals surface area (Å²) >= 11 is 0.650. The first-order valence-corrected chi connectivity index (χ1v) is 7.40. The van der Waals surface area contributed by atoms with Crippen molar-refractivity contribution in [3.63, 3.8) is 0 Å². The van der Waals surface area contributed by atoms with Crippen molar-refractivity contribution in [3.05, 3.63) is 51.7 Å². The lowest BCUT2D eigenvalue weighted by Crippen LogP contribution is -2.26. The fourth-order valence-corrected chi connectivity index (χ4v) is 3.24. The number of thiophene rings is 1. The Morgan fingerprint density at radius 3 is 2.68 bits per heavy atom. The van der Waals surface area contributed by atoms with Crippen LogP contribution in [0.2, 0.25) is 0 Å². The molecule has 0 radical (unpaired) electrons. The number of ether oxygens (including phenoxy) is 1. The normalized spacial score (nSPS) is 18.3. The molecule has 1 aromatic carbocycles. The van der Waals surface area contributed by atoms with Gasteiger partial charge in [0, 0.05) is 17.0 Å². The lowest BCUT2D eigenvalue weighted by atomic mass is 10.2. The van der Waals surface area contributed by atoms with Crippen LogP contribution in [0, 0.1) is 0 Å². The summed E-state index contributed by atoms with van der Waals surface area (Å²) in [7, 11) is 0. The molecule has 1 aromatic heterocycles. The summed E-state index contributed by atoms with van der Waals surface area (Å²) < 4.78 is 44.0. The van der Waals surface area contributed by atoms with E-state index in [2.05, 4.69) is 0 Å². The third-order valence-electron chi connectivity index (χ3n) is 3.39. The van der Waals surface area contributed by atoms with E-state index in [1.807, 2.05) is 12.1 Å². The van der Waals surface area contributed by atoms with Crippen LogP contribution in [0.1, 0.15) is 21.4 Å². The molecule has 1 aliphatic rings. The molecule has 2 aromatic rings. The minimum atomic E-state index is -4.37. The van der Waals surface area contributed by atoms with Crippen molar-refractivity contribution >= 4 is 17.7 Å². The van der Waals surface area contributed by atoms with E-state index in [4.69, 9.17) is 4.74 Å². The molecule has 0 aliphatic carbocycles. The van der Waals surface area contributed by atoms with E-state index in [9.17, 15) is 18.0 Å². The molecular weight excluding hydrogens is 315 g/mol. The number of hydrogen-bond acceptors (Lipinski definition) is 3. The van der Waals surface area contributed by atoms with E-state index in [0.717, 1.165) is 11.6 Å². The molecule has 2 heterocycles. The molecule has 22 heavy (non-hydrogen) atoms. The van der Waals surface area contributed by atoms with E-state index in [1.54, 1.807) is 12.1 Å². The van der Waals surface area contributed by atoms with Gasteiger partial charge in [-0.05, 0) is 18.2 Å². The van der Waals surface area contributed by atoms with Gasteiger partial charge in [0.25, 0.3) is 0 Å². The lowest BCUT2D eigenvalue weighted by molar-refractivity contribution is -0.134. The third kappa shape index (κ3) is 2.94. The molecule has 0 spiro atoms. The number of benzene rings is 1. The molecular formula is C15H12F3NO2S. The second-order valence-electron chi connectivity index (χ2n) is 4.95. The van der Waals surface area contributed by atoms with Gasteiger partial charge in [-0.3, -0.25) is 4.79 Å². The van der Waals surface area contributed by atoms with Crippen LogP contribution < -0.4 is 4.74 Å². The highest BCUT2D eigenvalue weighted by atomic mass is 32.1. The van der Waals surface area contributed by atoms with Crippen LogP contribution in [0.15, 0.2) is 36.4 Å². The first-order chi connectivity index (χ1) is 10.5. The second kappa shape index (κ2) is 5.64. The molecule has 1 unspecified atom stereocenters. The molecule has 0 saturated heterocycles. The zero-order chi connectivity index (χ0) is 15.7. The first-order valence-electron chi connectivity index (χ1n) is 6.58. The number of rotatable bonds is 2. The van der Waals surface area contributed by atoms with Crippen molar-refractivity contribution in [2.75, 3.05) is 6.54 Å². The van der Waals surface area contributed by atoms with Gasteiger partial charge in [0.15, 0.2) is 6.10 Å². The zero-order valence-electron chi connectivity index (χ0n) is 11.3. The number of para-hydroxylation sites is 1. The quantitative estimate of drug-likeness (QED) is 0.784. The Morgan fingerprint density at radius 2 is 2.00 bits per heavy atom. The Morgan fingerprint density at radius 1 is 1.23 bits per heavy atom. The molecule has 1 atom stereocenters. The van der Waals surface area contributed by atoms with Gasteiger partial charge in [0.2, 0.25) is 6.41 Å². The minimum Gasteiger partial charge on any atom is -0.483 e. The summed E-state index contributed by atoms with van der Waals surface area (Å²) in [5, 5.41) is 0. The number of alkyl halides is 3. The van der Waals surface area contributed by atoms with Gasteiger partial charge in [-0.15, -0.1) is 11.3 Å². The van der Waals surface area contributed by atoms with Crippen LogP contribution in [0.5, 0.6) is 5.75 Å². The highest BCUT2D eigenvalue weighted by Crippen LogP contribution is 2.39. The maximum atomic E-state index is 12.7. The molecule has 1 amide bonds. The molecule has 3 rings (SSSR count). The van der Waals surface area contributed by atoms with Crippen LogP contribution in [-0.4, -0.2) is 17.9 Å². The van der Waals surface area contributed by atoms with Crippen LogP contribution in [0.3, 0.4) is 0 Å². The SMILES string of the molecule is O=CN1Cc2ccccc2OC(c2ccc(C(F)(F)F)s2)C1. The summed E-state index contributed by atoms with van der Waals surface area (Å²) in [6.07, 6.45) is -4.28. The minimum absolute atomic E-state index is 0.218. The third-order valence-corrected chi connectivity index (χ3v) is 4.61. The average molecular weight is 327 g/mol. The number of halogens is 3. The Bertz CT molecular complexity index is 683. The molecule has 3 nitrogen and oxygen atoms in total. The maximum Gasteiger partial charge on any atom is 0.425 e. The zero-order valence-corrected chi connectivity index (χ0v) is 12.2. The van der Waals surface area contributed by atoms with Crippen molar-refractivity contribution in [2.24, 2.45) is 0 Å². The van der Waals surface area contributed by atoms with Gasteiger partial charge < -0.3 is 9.64 Å². The largest absolute Gasteiger partial charge is 0.483 e. The molecule has 116 valence electrons. The number of amides is 1. The van der Waals surface area contributed by atoms with Crippen molar-refractivity contribution < 1.29 is 22.7 Å². The van der Waals surface area contributed by atoms with Crippen molar-refractivity contribution in [1.82, 2.24) is 4.90 Å². The van der Waals surface area contributed by atoms with Crippen LogP contribution in [0.4, 0.5) is 13.2 Å². The van der Waals surface area contributed by atoms with Gasteiger partial charge >= 0.3 is 6.18 Å². The fraction of sp³-hybridized carbons (Fsp3) is 0.267. The van der Waals surface area contributed by atoms with Gasteiger partial charge in [0.1, 0.15) is 10.6 Å². The van der Waals surface area contributed by atoms with E-state index in [1.165, 1.54) is 11.0 Å². The maximum absolute atomic E-state index is 12.7. The second-order valence-corrected chi connectivity index (χ2v) is 6.06. The monoisotopic (exact) mass is 327 g/mol. The highest BCUT2D eigenvalue weighted by Gasteiger charge is 2.34. The lowest BCUT2D eigenvalue weighted by Gasteiger charge is -2.19. The summed E-state index contributed by atoms with van der Waals surface area (Å²) in [4.78, 5) is 12.5. The van der Waals surface area contributed by atoms with Crippen LogP contribution >= 0.6 is 11.3 Å². The van der Waals surface area contributed by atoms with E-state index in [-0.39, 0.29) is 6.54 Å². The number of carbonyl (C=O) groups excluding carboxylic acids is 1. The number of fused-ring (bicyclic) bond motifs is 1. The summed E-state index contributed by atoms with van der Waals surface area (Å²) in [5.41, 5.74) is 0.838. The summed E-state index contributed by atoms with van der Waals surface area (Å²) in [6.45, 7) is 0.601. The fourth-order valence-electron chi connectivity index (χ4n) is 2.34. The molecule has 0 bridgehead atoms. The van der Waals surface area contributed by atoms with Gasteiger partial charge in [-0.1, -0.05) is 18.2 Å².